The van der Waals surface area contributed by atoms with E-state index in [9.17, 15) is 9.59 Å². The summed E-state index contributed by atoms with van der Waals surface area (Å²) in [6.45, 7) is 6.54. The number of hydrogen-bond acceptors (Lipinski definition) is 4. The zero-order valence-electron chi connectivity index (χ0n) is 18.5. The van der Waals surface area contributed by atoms with Gasteiger partial charge in [0.05, 0.1) is 12.6 Å². The van der Waals surface area contributed by atoms with Gasteiger partial charge in [0.1, 0.15) is 11.4 Å². The van der Waals surface area contributed by atoms with Crippen molar-refractivity contribution in [3.8, 4) is 5.75 Å². The second-order valence-electron chi connectivity index (χ2n) is 8.57. The van der Waals surface area contributed by atoms with Gasteiger partial charge >= 0.3 is 0 Å². The molecule has 1 N–H and O–H groups in total. The quantitative estimate of drug-likeness (QED) is 0.688. The maximum absolute atomic E-state index is 13.1. The molecule has 2 saturated heterocycles. The molecule has 32 heavy (non-hydrogen) atoms. The second-order valence-corrected chi connectivity index (χ2v) is 8.57. The molecule has 7 nitrogen and oxygen atoms in total. The van der Waals surface area contributed by atoms with Crippen LogP contribution in [0.2, 0.25) is 0 Å². The summed E-state index contributed by atoms with van der Waals surface area (Å²) < 4.78 is 5.44. The van der Waals surface area contributed by atoms with E-state index in [0.717, 1.165) is 67.0 Å². The minimum absolute atomic E-state index is 0.0369. The van der Waals surface area contributed by atoms with Gasteiger partial charge in [0, 0.05) is 56.3 Å². The zero-order chi connectivity index (χ0) is 22.2. The number of carbonyl (C=O) groups excluding carboxylic acids is 2. The van der Waals surface area contributed by atoms with Gasteiger partial charge in [0.25, 0.3) is 11.8 Å². The highest BCUT2D eigenvalue weighted by Crippen LogP contribution is 2.30. The van der Waals surface area contributed by atoms with E-state index >= 15 is 0 Å². The molecule has 3 heterocycles. The summed E-state index contributed by atoms with van der Waals surface area (Å²) in [5, 5.41) is 1.02. The number of fused-ring (bicyclic) bond motifs is 1. The number of aromatic amines is 1. The van der Waals surface area contributed by atoms with Crippen molar-refractivity contribution in [2.45, 2.75) is 13.0 Å². The van der Waals surface area contributed by atoms with Gasteiger partial charge in [-0.1, -0.05) is 30.3 Å². The monoisotopic (exact) mass is 432 g/mol. The van der Waals surface area contributed by atoms with Crippen LogP contribution in [-0.2, 0) is 0 Å². The fourth-order valence-corrected chi connectivity index (χ4v) is 4.77. The number of para-hydroxylation sites is 1. The van der Waals surface area contributed by atoms with Gasteiger partial charge in [0.2, 0.25) is 0 Å². The third-order valence-electron chi connectivity index (χ3n) is 6.78. The molecule has 7 heteroatoms. The highest BCUT2D eigenvalue weighted by molar-refractivity contribution is 6.02. The molecule has 1 aromatic heterocycles. The Hall–Kier alpha value is -3.32. The summed E-state index contributed by atoms with van der Waals surface area (Å²) in [5.41, 5.74) is 3.21. The van der Waals surface area contributed by atoms with Crippen molar-refractivity contribution in [3.05, 3.63) is 65.4 Å². The lowest BCUT2D eigenvalue weighted by atomic mass is 10.0. The first-order valence-corrected chi connectivity index (χ1v) is 11.1. The van der Waals surface area contributed by atoms with Crippen LogP contribution in [0.3, 0.4) is 0 Å². The van der Waals surface area contributed by atoms with E-state index < -0.39 is 0 Å². The van der Waals surface area contributed by atoms with Gasteiger partial charge in [-0.2, -0.15) is 0 Å². The molecule has 5 rings (SSSR count). The highest BCUT2D eigenvalue weighted by atomic mass is 16.5. The number of aromatic nitrogens is 1. The summed E-state index contributed by atoms with van der Waals surface area (Å²) >= 11 is 0. The molecule has 2 fully saturated rings. The van der Waals surface area contributed by atoms with Crippen LogP contribution < -0.4 is 4.74 Å². The average molecular weight is 433 g/mol. The lowest BCUT2D eigenvalue weighted by Crippen LogP contribution is -2.64. The maximum Gasteiger partial charge on any atom is 0.270 e. The molecule has 2 aromatic carbocycles. The number of rotatable bonds is 4. The molecular formula is C25H28N4O3. The molecule has 0 aliphatic carbocycles. The van der Waals surface area contributed by atoms with Crippen molar-refractivity contribution in [1.82, 2.24) is 19.7 Å². The number of nitrogens with one attached hydrogen (secondary N) is 1. The van der Waals surface area contributed by atoms with Crippen LogP contribution in [-0.4, -0.2) is 83.9 Å². The molecule has 0 bridgehead atoms. The Kier molecular flexibility index (Phi) is 5.35. The van der Waals surface area contributed by atoms with E-state index in [1.165, 1.54) is 0 Å². The zero-order valence-corrected chi connectivity index (χ0v) is 18.5. The van der Waals surface area contributed by atoms with Gasteiger partial charge in [-0.3, -0.25) is 14.5 Å². The van der Waals surface area contributed by atoms with E-state index in [4.69, 9.17) is 4.74 Å². The third-order valence-corrected chi connectivity index (χ3v) is 6.78. The minimum atomic E-state index is 0.0369. The maximum atomic E-state index is 13.1. The SMILES string of the molecule is COc1cccc2c(C)c(C(=O)N3CC(N4CCN(C(=O)c5ccccc5)CC4)C3)[nH]c12. The number of H-pyrrole nitrogens is 1. The number of piperazine rings is 1. The molecule has 2 amide bonds. The Morgan fingerprint density at radius 1 is 0.906 bits per heavy atom. The summed E-state index contributed by atoms with van der Waals surface area (Å²) in [6.07, 6.45) is 0. The smallest absolute Gasteiger partial charge is 0.270 e. The van der Waals surface area contributed by atoms with E-state index in [-0.39, 0.29) is 11.8 Å². The summed E-state index contributed by atoms with van der Waals surface area (Å²) in [4.78, 5) is 35.3. The number of aryl methyl sites for hydroxylation is 1. The summed E-state index contributed by atoms with van der Waals surface area (Å²) in [5.74, 6) is 0.879. The van der Waals surface area contributed by atoms with Gasteiger partial charge in [-0.25, -0.2) is 0 Å². The van der Waals surface area contributed by atoms with Crippen LogP contribution >= 0.6 is 0 Å². The van der Waals surface area contributed by atoms with E-state index in [1.54, 1.807) is 7.11 Å². The second kappa shape index (κ2) is 8.31. The molecular weight excluding hydrogens is 404 g/mol. The highest BCUT2D eigenvalue weighted by Gasteiger charge is 2.38. The Balaban J connectivity index is 1.18. The molecule has 3 aromatic rings. The van der Waals surface area contributed by atoms with E-state index in [0.29, 0.717) is 11.7 Å². The lowest BCUT2D eigenvalue weighted by molar-refractivity contribution is 0.00824. The predicted molar refractivity (Wildman–Crippen MR) is 123 cm³/mol. The Bertz CT molecular complexity index is 1140. The standard InChI is InChI=1S/C25H28N4O3/c1-17-20-9-6-10-21(32-2)23(20)26-22(17)25(31)29-15-19(16-29)27-11-13-28(14-12-27)24(30)18-7-4-3-5-8-18/h3-10,19,26H,11-16H2,1-2H3. The van der Waals surface area contributed by atoms with Crippen LogP contribution in [0.1, 0.15) is 26.4 Å². The Morgan fingerprint density at radius 2 is 1.62 bits per heavy atom. The van der Waals surface area contributed by atoms with E-state index in [1.807, 2.05) is 65.3 Å². The van der Waals surface area contributed by atoms with Crippen molar-refractivity contribution >= 4 is 22.7 Å². The number of nitrogens with zero attached hydrogens (tertiary/aromatic N) is 3. The van der Waals surface area contributed by atoms with E-state index in [2.05, 4.69) is 9.88 Å². The van der Waals surface area contributed by atoms with Crippen molar-refractivity contribution < 1.29 is 14.3 Å². The number of amides is 2. The largest absolute Gasteiger partial charge is 0.495 e. The number of benzene rings is 2. The summed E-state index contributed by atoms with van der Waals surface area (Å²) in [7, 11) is 1.64. The first kappa shape index (κ1) is 20.6. The minimum Gasteiger partial charge on any atom is -0.495 e. The molecule has 166 valence electrons. The van der Waals surface area contributed by atoms with Gasteiger partial charge in [-0.15, -0.1) is 0 Å². The first-order chi connectivity index (χ1) is 15.6. The van der Waals surface area contributed by atoms with Crippen LogP contribution in [0.25, 0.3) is 10.9 Å². The number of likely N-dealkylation sites (tertiary alicyclic amines) is 1. The molecule has 0 spiro atoms. The van der Waals surface area contributed by atoms with Gasteiger partial charge < -0.3 is 19.5 Å². The molecule has 0 unspecified atom stereocenters. The molecule has 0 radical (unpaired) electrons. The first-order valence-electron chi connectivity index (χ1n) is 11.1. The van der Waals surface area contributed by atoms with Gasteiger partial charge in [0.15, 0.2) is 0 Å². The average Bonchev–Trinajstić information content (AvgIpc) is 3.15. The molecule has 0 atom stereocenters. The predicted octanol–water partition coefficient (Wildman–Crippen LogP) is 2.77. The van der Waals surface area contributed by atoms with Crippen molar-refractivity contribution in [1.29, 1.82) is 0 Å². The number of hydrogen-bond donors (Lipinski definition) is 1. The Labute approximate surface area is 187 Å². The normalized spacial score (nSPS) is 17.4. The van der Waals surface area contributed by atoms with Crippen LogP contribution in [0.15, 0.2) is 48.5 Å². The van der Waals surface area contributed by atoms with Crippen LogP contribution in [0.4, 0.5) is 0 Å². The molecule has 2 aliphatic rings. The number of methoxy groups -OCH3 is 1. The number of ether oxygens (including phenoxy) is 1. The molecule has 2 aliphatic heterocycles. The van der Waals surface area contributed by atoms with Crippen molar-refractivity contribution in [3.63, 3.8) is 0 Å². The van der Waals surface area contributed by atoms with Crippen molar-refractivity contribution in [2.75, 3.05) is 46.4 Å². The Morgan fingerprint density at radius 3 is 2.31 bits per heavy atom. The van der Waals surface area contributed by atoms with Crippen LogP contribution in [0, 0.1) is 6.92 Å². The van der Waals surface area contributed by atoms with Crippen molar-refractivity contribution in [2.24, 2.45) is 0 Å². The molecule has 0 saturated carbocycles. The van der Waals surface area contributed by atoms with Gasteiger partial charge in [-0.05, 0) is 30.7 Å². The lowest BCUT2D eigenvalue weighted by Gasteiger charge is -2.48. The number of carbonyl (C=O) groups is 2. The topological polar surface area (TPSA) is 68.9 Å². The third kappa shape index (κ3) is 3.52. The fourth-order valence-electron chi connectivity index (χ4n) is 4.77. The fraction of sp³-hybridized carbons (Fsp3) is 0.360. The summed E-state index contributed by atoms with van der Waals surface area (Å²) in [6, 6.07) is 15.7. The van der Waals surface area contributed by atoms with Crippen LogP contribution in [0.5, 0.6) is 5.75 Å².